The van der Waals surface area contributed by atoms with Gasteiger partial charge in [0.2, 0.25) is 0 Å². The van der Waals surface area contributed by atoms with Crippen molar-refractivity contribution in [2.24, 2.45) is 0 Å². The van der Waals surface area contributed by atoms with Gasteiger partial charge in [-0.2, -0.15) is 8.78 Å². The second-order valence-electron chi connectivity index (χ2n) is 3.28. The summed E-state index contributed by atoms with van der Waals surface area (Å²) in [5.41, 5.74) is 0.146. The van der Waals surface area contributed by atoms with Crippen molar-refractivity contribution < 1.29 is 27.9 Å². The SMILES string of the molecule is O=C(O)c1cnoc1-c1cccc(OC(F)F)c1. The summed E-state index contributed by atoms with van der Waals surface area (Å²) < 4.78 is 33.1. The lowest BCUT2D eigenvalue weighted by Crippen LogP contribution is -2.02. The smallest absolute Gasteiger partial charge is 0.387 e. The number of ether oxygens (including phenoxy) is 1. The number of carboxylic acids is 1. The first kappa shape index (κ1) is 12.0. The fourth-order valence-corrected chi connectivity index (χ4v) is 1.41. The van der Waals surface area contributed by atoms with Crippen molar-refractivity contribution in [1.82, 2.24) is 5.16 Å². The summed E-state index contributed by atoms with van der Waals surface area (Å²) in [5, 5.41) is 12.2. The van der Waals surface area contributed by atoms with Gasteiger partial charge in [-0.1, -0.05) is 17.3 Å². The predicted molar refractivity (Wildman–Crippen MR) is 55.5 cm³/mol. The molecule has 94 valence electrons. The van der Waals surface area contributed by atoms with Crippen molar-refractivity contribution in [3.63, 3.8) is 0 Å². The van der Waals surface area contributed by atoms with Crippen LogP contribution in [0.4, 0.5) is 8.78 Å². The first-order valence-electron chi connectivity index (χ1n) is 4.81. The van der Waals surface area contributed by atoms with E-state index in [9.17, 15) is 13.6 Å². The van der Waals surface area contributed by atoms with E-state index in [1.807, 2.05) is 0 Å². The van der Waals surface area contributed by atoms with Gasteiger partial charge in [0.1, 0.15) is 11.3 Å². The molecule has 0 aliphatic heterocycles. The number of carbonyl (C=O) groups is 1. The lowest BCUT2D eigenvalue weighted by molar-refractivity contribution is -0.0498. The third kappa shape index (κ3) is 2.45. The van der Waals surface area contributed by atoms with Gasteiger partial charge in [-0.05, 0) is 12.1 Å². The largest absolute Gasteiger partial charge is 0.477 e. The number of aromatic nitrogens is 1. The molecule has 18 heavy (non-hydrogen) atoms. The topological polar surface area (TPSA) is 72.6 Å². The van der Waals surface area contributed by atoms with Gasteiger partial charge in [0, 0.05) is 5.56 Å². The molecule has 1 heterocycles. The molecule has 2 aromatic rings. The van der Waals surface area contributed by atoms with Crippen molar-refractivity contribution in [1.29, 1.82) is 0 Å². The van der Waals surface area contributed by atoms with Crippen molar-refractivity contribution in [3.05, 3.63) is 36.0 Å². The zero-order chi connectivity index (χ0) is 13.1. The van der Waals surface area contributed by atoms with E-state index >= 15 is 0 Å². The highest BCUT2D eigenvalue weighted by molar-refractivity contribution is 5.93. The highest BCUT2D eigenvalue weighted by atomic mass is 19.3. The van der Waals surface area contributed by atoms with E-state index in [1.54, 1.807) is 0 Å². The standard InChI is InChI=1S/C11H7F2NO4/c12-11(13)17-7-3-1-2-6(4-7)9-8(10(15)16)5-14-18-9/h1-5,11H,(H,15,16). The first-order chi connectivity index (χ1) is 8.58. The third-order valence-corrected chi connectivity index (χ3v) is 2.12. The second kappa shape index (κ2) is 4.82. The van der Waals surface area contributed by atoms with Crippen molar-refractivity contribution in [2.75, 3.05) is 0 Å². The number of hydrogen-bond donors (Lipinski definition) is 1. The van der Waals surface area contributed by atoms with E-state index in [2.05, 4.69) is 9.89 Å². The summed E-state index contributed by atoms with van der Waals surface area (Å²) in [5.74, 6) is -1.32. The molecule has 0 amide bonds. The van der Waals surface area contributed by atoms with E-state index < -0.39 is 12.6 Å². The molecule has 0 spiro atoms. The molecular formula is C11H7F2NO4. The molecule has 0 saturated carbocycles. The van der Waals surface area contributed by atoms with Gasteiger partial charge in [-0.25, -0.2) is 4.79 Å². The predicted octanol–water partition coefficient (Wildman–Crippen LogP) is 2.64. The maximum atomic E-state index is 12.1. The number of benzene rings is 1. The van der Waals surface area contributed by atoms with Crippen LogP contribution in [-0.4, -0.2) is 22.8 Å². The van der Waals surface area contributed by atoms with Crippen molar-refractivity contribution >= 4 is 5.97 Å². The van der Waals surface area contributed by atoms with Crippen molar-refractivity contribution in [2.45, 2.75) is 6.61 Å². The van der Waals surface area contributed by atoms with Crippen LogP contribution in [0.1, 0.15) is 10.4 Å². The number of aromatic carboxylic acids is 1. The highest BCUT2D eigenvalue weighted by Gasteiger charge is 2.17. The quantitative estimate of drug-likeness (QED) is 0.909. The van der Waals surface area contributed by atoms with Crippen LogP contribution in [0.25, 0.3) is 11.3 Å². The molecule has 0 aliphatic carbocycles. The van der Waals surface area contributed by atoms with Gasteiger partial charge >= 0.3 is 12.6 Å². The van der Waals surface area contributed by atoms with Crippen LogP contribution in [0.2, 0.25) is 0 Å². The Balaban J connectivity index is 2.38. The van der Waals surface area contributed by atoms with E-state index in [-0.39, 0.29) is 17.1 Å². The number of alkyl halides is 2. The Bertz CT molecular complexity index is 568. The molecule has 0 fully saturated rings. The Morgan fingerprint density at radius 2 is 2.22 bits per heavy atom. The zero-order valence-electron chi connectivity index (χ0n) is 8.84. The Kier molecular flexibility index (Phi) is 3.22. The Labute approximate surface area is 99.6 Å². The molecule has 1 aromatic carbocycles. The molecule has 7 heteroatoms. The maximum absolute atomic E-state index is 12.1. The molecule has 0 unspecified atom stereocenters. The lowest BCUT2D eigenvalue weighted by Gasteiger charge is -2.05. The number of hydrogen-bond acceptors (Lipinski definition) is 4. The number of carboxylic acid groups (broad SMARTS) is 1. The molecule has 1 aromatic heterocycles. The normalized spacial score (nSPS) is 10.6. The highest BCUT2D eigenvalue weighted by Crippen LogP contribution is 2.27. The maximum Gasteiger partial charge on any atom is 0.387 e. The van der Waals surface area contributed by atoms with E-state index in [4.69, 9.17) is 9.63 Å². The van der Waals surface area contributed by atoms with Crippen LogP contribution in [0, 0.1) is 0 Å². The molecule has 0 saturated heterocycles. The summed E-state index contributed by atoms with van der Waals surface area (Å²) in [6, 6.07) is 5.53. The van der Waals surface area contributed by atoms with Gasteiger partial charge in [-0.3, -0.25) is 0 Å². The van der Waals surface area contributed by atoms with Gasteiger partial charge in [-0.15, -0.1) is 0 Å². The number of rotatable bonds is 4. The molecule has 0 bridgehead atoms. The Morgan fingerprint density at radius 1 is 1.44 bits per heavy atom. The molecular weight excluding hydrogens is 248 g/mol. The van der Waals surface area contributed by atoms with Gasteiger partial charge in [0.25, 0.3) is 0 Å². The van der Waals surface area contributed by atoms with Crippen LogP contribution < -0.4 is 4.74 Å². The van der Waals surface area contributed by atoms with E-state index in [0.717, 1.165) is 6.20 Å². The molecule has 0 aliphatic rings. The minimum Gasteiger partial charge on any atom is -0.477 e. The Morgan fingerprint density at radius 3 is 2.89 bits per heavy atom. The summed E-state index contributed by atoms with van der Waals surface area (Å²) >= 11 is 0. The lowest BCUT2D eigenvalue weighted by atomic mass is 10.1. The zero-order valence-corrected chi connectivity index (χ0v) is 8.84. The second-order valence-corrected chi connectivity index (χ2v) is 3.28. The molecule has 1 N–H and O–H groups in total. The molecule has 5 nitrogen and oxygen atoms in total. The van der Waals surface area contributed by atoms with Crippen LogP contribution in [0.15, 0.2) is 35.0 Å². The first-order valence-corrected chi connectivity index (χ1v) is 4.81. The minimum atomic E-state index is -2.95. The average Bonchev–Trinajstić information content (AvgIpc) is 2.77. The van der Waals surface area contributed by atoms with Crippen molar-refractivity contribution in [3.8, 4) is 17.1 Å². The summed E-state index contributed by atoms with van der Waals surface area (Å²) in [7, 11) is 0. The monoisotopic (exact) mass is 255 g/mol. The van der Waals surface area contributed by atoms with Gasteiger partial charge in [0.05, 0.1) is 6.20 Å². The Hall–Kier alpha value is -2.44. The average molecular weight is 255 g/mol. The summed E-state index contributed by atoms with van der Waals surface area (Å²) in [6.45, 7) is -2.95. The van der Waals surface area contributed by atoms with Crippen LogP contribution in [-0.2, 0) is 0 Å². The summed E-state index contributed by atoms with van der Waals surface area (Å²) in [4.78, 5) is 10.9. The van der Waals surface area contributed by atoms with Gasteiger partial charge in [0.15, 0.2) is 5.76 Å². The number of halogens is 2. The van der Waals surface area contributed by atoms with Crippen LogP contribution in [0.5, 0.6) is 5.75 Å². The molecule has 0 atom stereocenters. The fourth-order valence-electron chi connectivity index (χ4n) is 1.41. The number of nitrogens with zero attached hydrogens (tertiary/aromatic N) is 1. The fraction of sp³-hybridized carbons (Fsp3) is 0.0909. The molecule has 0 radical (unpaired) electrons. The van der Waals surface area contributed by atoms with E-state index in [0.29, 0.717) is 5.56 Å². The minimum absolute atomic E-state index is 0.0118. The third-order valence-electron chi connectivity index (χ3n) is 2.12. The summed E-state index contributed by atoms with van der Waals surface area (Å²) in [6.07, 6.45) is 1.04. The van der Waals surface area contributed by atoms with Crippen LogP contribution >= 0.6 is 0 Å². The molecule has 2 rings (SSSR count). The van der Waals surface area contributed by atoms with Gasteiger partial charge < -0.3 is 14.4 Å². The van der Waals surface area contributed by atoms with E-state index in [1.165, 1.54) is 24.3 Å². The van der Waals surface area contributed by atoms with Crippen LogP contribution in [0.3, 0.4) is 0 Å².